The van der Waals surface area contributed by atoms with Crippen molar-refractivity contribution in [2.75, 3.05) is 38.2 Å². The number of methoxy groups -OCH3 is 1. The van der Waals surface area contributed by atoms with E-state index in [0.717, 1.165) is 50.2 Å². The number of carbonyl (C=O) groups is 1. The first-order valence-electron chi connectivity index (χ1n) is 9.39. The Morgan fingerprint density at radius 1 is 1.08 bits per heavy atom. The Kier molecular flexibility index (Phi) is 4.38. The first-order valence-corrected chi connectivity index (χ1v) is 9.39. The van der Waals surface area contributed by atoms with E-state index >= 15 is 0 Å². The van der Waals surface area contributed by atoms with E-state index in [1.807, 2.05) is 12.1 Å². The molecule has 1 aromatic rings. The largest absolute Gasteiger partial charge is 0.497 e. The van der Waals surface area contributed by atoms with Gasteiger partial charge < -0.3 is 14.5 Å². The van der Waals surface area contributed by atoms with Gasteiger partial charge in [-0.15, -0.1) is 0 Å². The van der Waals surface area contributed by atoms with Crippen molar-refractivity contribution >= 4 is 11.6 Å². The molecular formula is C20H28N2O2. The number of rotatable bonds is 4. The van der Waals surface area contributed by atoms with Crippen molar-refractivity contribution in [2.24, 2.45) is 17.8 Å². The van der Waals surface area contributed by atoms with Crippen molar-refractivity contribution in [2.45, 2.75) is 32.1 Å². The molecule has 130 valence electrons. The molecule has 1 heterocycles. The third-order valence-electron chi connectivity index (χ3n) is 6.39. The van der Waals surface area contributed by atoms with Crippen LogP contribution in [-0.4, -0.2) is 44.1 Å². The fraction of sp³-hybridized carbons (Fsp3) is 0.650. The fourth-order valence-electron chi connectivity index (χ4n) is 4.99. The summed E-state index contributed by atoms with van der Waals surface area (Å²) in [5.41, 5.74) is 1.22. The van der Waals surface area contributed by atoms with E-state index in [-0.39, 0.29) is 0 Å². The van der Waals surface area contributed by atoms with Crippen LogP contribution in [0, 0.1) is 17.8 Å². The summed E-state index contributed by atoms with van der Waals surface area (Å²) in [5, 5.41) is 0. The number of hydrogen-bond acceptors (Lipinski definition) is 3. The minimum atomic E-state index is 0.391. The van der Waals surface area contributed by atoms with Crippen LogP contribution >= 0.6 is 0 Å². The van der Waals surface area contributed by atoms with Crippen LogP contribution in [0.4, 0.5) is 5.69 Å². The molecule has 1 aromatic carbocycles. The first-order chi connectivity index (χ1) is 11.7. The maximum atomic E-state index is 12.6. The Hall–Kier alpha value is -1.71. The zero-order valence-electron chi connectivity index (χ0n) is 14.6. The zero-order valence-corrected chi connectivity index (χ0v) is 14.6. The highest BCUT2D eigenvalue weighted by Gasteiger charge is 2.40. The Balaban J connectivity index is 1.28. The van der Waals surface area contributed by atoms with Crippen molar-refractivity contribution in [1.82, 2.24) is 4.90 Å². The van der Waals surface area contributed by atoms with Gasteiger partial charge in [0, 0.05) is 38.3 Å². The molecule has 24 heavy (non-hydrogen) atoms. The van der Waals surface area contributed by atoms with Crippen LogP contribution in [0.15, 0.2) is 24.3 Å². The summed E-state index contributed by atoms with van der Waals surface area (Å²) in [7, 11) is 1.69. The number of amides is 1. The molecule has 0 unspecified atom stereocenters. The number of piperazine rings is 1. The van der Waals surface area contributed by atoms with Crippen molar-refractivity contribution in [3.05, 3.63) is 24.3 Å². The topological polar surface area (TPSA) is 32.8 Å². The third kappa shape index (κ3) is 3.11. The van der Waals surface area contributed by atoms with Crippen LogP contribution < -0.4 is 9.64 Å². The molecule has 3 atom stereocenters. The first kappa shape index (κ1) is 15.8. The molecule has 0 N–H and O–H groups in total. The number of nitrogens with zero attached hydrogens (tertiary/aromatic N) is 2. The average molecular weight is 328 g/mol. The fourth-order valence-corrected chi connectivity index (χ4v) is 4.99. The van der Waals surface area contributed by atoms with Gasteiger partial charge in [-0.3, -0.25) is 4.79 Å². The molecule has 0 spiro atoms. The highest BCUT2D eigenvalue weighted by molar-refractivity contribution is 5.77. The number of hydrogen-bond donors (Lipinski definition) is 0. The Bertz CT molecular complexity index is 578. The normalized spacial score (nSPS) is 29.1. The second kappa shape index (κ2) is 6.66. The van der Waals surface area contributed by atoms with E-state index in [0.29, 0.717) is 11.8 Å². The van der Waals surface area contributed by atoms with Gasteiger partial charge in [0.15, 0.2) is 0 Å². The second-order valence-electron chi connectivity index (χ2n) is 7.70. The summed E-state index contributed by atoms with van der Waals surface area (Å²) in [6.45, 7) is 3.56. The van der Waals surface area contributed by atoms with E-state index < -0.39 is 0 Å². The van der Waals surface area contributed by atoms with Gasteiger partial charge in [-0.2, -0.15) is 0 Å². The maximum absolute atomic E-state index is 12.6. The Morgan fingerprint density at radius 3 is 2.42 bits per heavy atom. The smallest absolute Gasteiger partial charge is 0.222 e. The molecule has 2 aliphatic carbocycles. The molecule has 4 rings (SSSR count). The van der Waals surface area contributed by atoms with Crippen LogP contribution in [0.2, 0.25) is 0 Å². The van der Waals surface area contributed by atoms with Crippen molar-refractivity contribution in [3.63, 3.8) is 0 Å². The maximum Gasteiger partial charge on any atom is 0.222 e. The number of fused-ring (bicyclic) bond motifs is 2. The van der Waals surface area contributed by atoms with E-state index in [1.165, 1.54) is 31.4 Å². The molecule has 4 heteroatoms. The molecule has 1 saturated heterocycles. The van der Waals surface area contributed by atoms with Crippen molar-refractivity contribution in [3.8, 4) is 5.75 Å². The molecular weight excluding hydrogens is 300 g/mol. The van der Waals surface area contributed by atoms with Crippen LogP contribution in [0.25, 0.3) is 0 Å². The molecule has 3 aliphatic rings. The lowest BCUT2D eigenvalue weighted by Crippen LogP contribution is -2.49. The quantitative estimate of drug-likeness (QED) is 0.851. The molecule has 3 fully saturated rings. The monoisotopic (exact) mass is 328 g/mol. The molecule has 2 bridgehead atoms. The number of ether oxygens (including phenoxy) is 1. The summed E-state index contributed by atoms with van der Waals surface area (Å²) >= 11 is 0. The predicted octanol–water partition coefficient (Wildman–Crippen LogP) is 3.17. The lowest BCUT2D eigenvalue weighted by Gasteiger charge is -2.37. The van der Waals surface area contributed by atoms with Gasteiger partial charge in [-0.1, -0.05) is 6.42 Å². The molecule has 1 amide bonds. The highest BCUT2D eigenvalue weighted by atomic mass is 16.5. The predicted molar refractivity (Wildman–Crippen MR) is 95.3 cm³/mol. The van der Waals surface area contributed by atoms with E-state index in [2.05, 4.69) is 21.9 Å². The van der Waals surface area contributed by atoms with Crippen molar-refractivity contribution in [1.29, 1.82) is 0 Å². The number of anilines is 1. The Labute approximate surface area is 144 Å². The Morgan fingerprint density at radius 2 is 1.83 bits per heavy atom. The third-order valence-corrected chi connectivity index (χ3v) is 6.39. The molecule has 1 aliphatic heterocycles. The van der Waals surface area contributed by atoms with Crippen LogP contribution in [0.5, 0.6) is 5.75 Å². The van der Waals surface area contributed by atoms with Gasteiger partial charge >= 0.3 is 0 Å². The van der Waals surface area contributed by atoms with E-state index in [1.54, 1.807) is 7.11 Å². The van der Waals surface area contributed by atoms with Gasteiger partial charge in [0.2, 0.25) is 5.91 Å². The molecule has 0 radical (unpaired) electrons. The van der Waals surface area contributed by atoms with Crippen molar-refractivity contribution < 1.29 is 9.53 Å². The van der Waals surface area contributed by atoms with E-state index in [9.17, 15) is 4.79 Å². The molecule has 4 nitrogen and oxygen atoms in total. The van der Waals surface area contributed by atoms with Gasteiger partial charge in [0.1, 0.15) is 5.75 Å². The minimum Gasteiger partial charge on any atom is -0.497 e. The second-order valence-corrected chi connectivity index (χ2v) is 7.70. The van der Waals surface area contributed by atoms with Crippen LogP contribution in [0.3, 0.4) is 0 Å². The summed E-state index contributed by atoms with van der Waals surface area (Å²) in [5.74, 6) is 3.73. The minimum absolute atomic E-state index is 0.391. The lowest BCUT2D eigenvalue weighted by molar-refractivity contribution is -0.132. The molecule has 0 aromatic heterocycles. The summed E-state index contributed by atoms with van der Waals surface area (Å²) < 4.78 is 5.22. The van der Waals surface area contributed by atoms with Gasteiger partial charge in [-0.05, 0) is 61.3 Å². The van der Waals surface area contributed by atoms with Gasteiger partial charge in [0.25, 0.3) is 0 Å². The van der Waals surface area contributed by atoms with Gasteiger partial charge in [0.05, 0.1) is 7.11 Å². The summed E-state index contributed by atoms with van der Waals surface area (Å²) in [4.78, 5) is 17.1. The SMILES string of the molecule is COc1ccc(N2CCN(C(=O)C[C@@H]3C[C@H]4CC[C@@H]3C4)CC2)cc1. The standard InChI is InChI=1S/C20H28N2O2/c1-24-19-6-4-18(5-7-19)21-8-10-22(11-9-21)20(23)14-17-13-15-2-3-16(17)12-15/h4-7,15-17H,2-3,8-14H2,1H3/t15-,16+,17-/m0/s1. The zero-order chi connectivity index (χ0) is 16.5. The van der Waals surface area contributed by atoms with Gasteiger partial charge in [-0.25, -0.2) is 0 Å². The number of carbonyl (C=O) groups excluding carboxylic acids is 1. The highest BCUT2D eigenvalue weighted by Crippen LogP contribution is 2.49. The van der Waals surface area contributed by atoms with Crippen LogP contribution in [-0.2, 0) is 4.79 Å². The summed E-state index contributed by atoms with van der Waals surface area (Å²) in [6.07, 6.45) is 6.28. The van der Waals surface area contributed by atoms with Crippen LogP contribution in [0.1, 0.15) is 32.1 Å². The lowest BCUT2D eigenvalue weighted by atomic mass is 9.86. The van der Waals surface area contributed by atoms with E-state index in [4.69, 9.17) is 4.74 Å². The average Bonchev–Trinajstić information content (AvgIpc) is 3.25. The number of benzene rings is 1. The summed E-state index contributed by atoms with van der Waals surface area (Å²) in [6, 6.07) is 8.21. The molecule has 2 saturated carbocycles.